The Hall–Kier alpha value is -1.81. The lowest BCUT2D eigenvalue weighted by Crippen LogP contribution is -2.28. The summed E-state index contributed by atoms with van der Waals surface area (Å²) in [6.07, 6.45) is 6.12. The number of aromatic hydroxyl groups is 1. The summed E-state index contributed by atoms with van der Waals surface area (Å²) in [5, 5.41) is 27.0. The summed E-state index contributed by atoms with van der Waals surface area (Å²) < 4.78 is 0. The molecular weight excluding hydrogens is 312 g/mol. The number of aryl methyl sites for hydroxylation is 1. The smallest absolute Gasteiger partial charge is 0.143 e. The molecule has 1 aliphatic heterocycles. The third kappa shape index (κ3) is 3.59. The maximum Gasteiger partial charge on any atom is 0.143 e. The number of fused-ring (bicyclic) bond motifs is 1. The van der Waals surface area contributed by atoms with Crippen molar-refractivity contribution in [2.45, 2.75) is 59.4 Å². The molecule has 1 aromatic carbocycles. The van der Waals surface area contributed by atoms with Crippen LogP contribution in [0.4, 0.5) is 5.69 Å². The zero-order chi connectivity index (χ0) is 18.1. The molecule has 3 unspecified atom stereocenters. The van der Waals surface area contributed by atoms with E-state index < -0.39 is 0 Å². The minimum absolute atomic E-state index is 0.109. The van der Waals surface area contributed by atoms with E-state index in [9.17, 15) is 10.2 Å². The van der Waals surface area contributed by atoms with Gasteiger partial charge in [0, 0.05) is 24.3 Å². The fourth-order valence-corrected chi connectivity index (χ4v) is 3.92. The zero-order valence-corrected chi connectivity index (χ0v) is 15.8. The van der Waals surface area contributed by atoms with Gasteiger partial charge in [-0.25, -0.2) is 0 Å². The van der Waals surface area contributed by atoms with E-state index in [-0.39, 0.29) is 12.6 Å². The molecule has 25 heavy (non-hydrogen) atoms. The second-order valence-corrected chi connectivity index (χ2v) is 7.74. The minimum atomic E-state index is 0.109. The van der Waals surface area contributed by atoms with Crippen LogP contribution in [0.1, 0.15) is 51.2 Å². The summed E-state index contributed by atoms with van der Waals surface area (Å²) in [5.41, 5.74) is 5.33. The first-order chi connectivity index (χ1) is 11.9. The minimum Gasteiger partial charge on any atom is -0.505 e. The SMILES string of the molecule is CC1=CC2CCC(C)N(c3cc(CCO)cc(C)c3O)N=C2CC1C. The molecule has 0 saturated carbocycles. The fraction of sp³-hybridized carbons (Fsp3) is 0.571. The lowest BCUT2D eigenvalue weighted by molar-refractivity contribution is 0.299. The summed E-state index contributed by atoms with van der Waals surface area (Å²) >= 11 is 0. The number of aliphatic hydroxyl groups is 1. The molecule has 136 valence electrons. The molecule has 0 bridgehead atoms. The van der Waals surface area contributed by atoms with Crippen LogP contribution in [0.3, 0.4) is 0 Å². The van der Waals surface area contributed by atoms with Crippen LogP contribution in [-0.2, 0) is 6.42 Å². The standard InChI is InChI=1S/C21H30N2O2/c1-13-10-18-6-5-16(4)23(22-19(18)11-14(13)2)20-12-17(7-8-24)9-15(3)21(20)25/h9-10,12,14,16,18,24-25H,5-8,11H2,1-4H3. The molecular formula is C21H30N2O2. The van der Waals surface area contributed by atoms with Crippen LogP contribution in [0.2, 0.25) is 0 Å². The Labute approximate surface area is 150 Å². The van der Waals surface area contributed by atoms with Crippen molar-refractivity contribution in [1.82, 2.24) is 0 Å². The molecule has 1 aromatic rings. The number of phenolic OH excluding ortho intramolecular Hbond substituents is 1. The van der Waals surface area contributed by atoms with Crippen molar-refractivity contribution in [3.05, 3.63) is 34.9 Å². The van der Waals surface area contributed by atoms with Crippen LogP contribution in [0.15, 0.2) is 28.9 Å². The molecule has 0 radical (unpaired) electrons. The number of aliphatic hydroxyl groups excluding tert-OH is 1. The molecule has 1 aliphatic carbocycles. The van der Waals surface area contributed by atoms with Gasteiger partial charge in [-0.3, -0.25) is 5.01 Å². The molecule has 1 heterocycles. The van der Waals surface area contributed by atoms with Crippen molar-refractivity contribution in [1.29, 1.82) is 0 Å². The van der Waals surface area contributed by atoms with E-state index in [1.165, 1.54) is 11.3 Å². The summed E-state index contributed by atoms with van der Waals surface area (Å²) in [7, 11) is 0. The first-order valence-corrected chi connectivity index (χ1v) is 9.39. The van der Waals surface area contributed by atoms with E-state index in [4.69, 9.17) is 5.10 Å². The van der Waals surface area contributed by atoms with Crippen LogP contribution >= 0.6 is 0 Å². The average molecular weight is 342 g/mol. The highest BCUT2D eigenvalue weighted by molar-refractivity contribution is 5.91. The Kier molecular flexibility index (Phi) is 5.19. The van der Waals surface area contributed by atoms with Crippen LogP contribution in [0.5, 0.6) is 5.75 Å². The molecule has 4 heteroatoms. The molecule has 2 aliphatic rings. The molecule has 0 amide bonds. The van der Waals surface area contributed by atoms with Crippen LogP contribution in [-0.4, -0.2) is 28.6 Å². The maximum atomic E-state index is 10.7. The fourth-order valence-electron chi connectivity index (χ4n) is 3.92. The third-order valence-electron chi connectivity index (χ3n) is 5.72. The molecule has 2 N–H and O–H groups in total. The quantitative estimate of drug-likeness (QED) is 0.810. The lowest BCUT2D eigenvalue weighted by atomic mass is 9.80. The van der Waals surface area contributed by atoms with Crippen molar-refractivity contribution >= 4 is 11.4 Å². The second kappa shape index (κ2) is 7.20. The molecule has 4 nitrogen and oxygen atoms in total. The van der Waals surface area contributed by atoms with Gasteiger partial charge in [0.05, 0.1) is 0 Å². The van der Waals surface area contributed by atoms with E-state index >= 15 is 0 Å². The number of phenols is 1. The van der Waals surface area contributed by atoms with Crippen molar-refractivity contribution in [3.63, 3.8) is 0 Å². The largest absolute Gasteiger partial charge is 0.505 e. The topological polar surface area (TPSA) is 56.1 Å². The van der Waals surface area contributed by atoms with Crippen molar-refractivity contribution in [2.24, 2.45) is 16.9 Å². The van der Waals surface area contributed by atoms with Gasteiger partial charge in [0.15, 0.2) is 0 Å². The number of nitrogens with zero attached hydrogens (tertiary/aromatic N) is 2. The molecule has 0 saturated heterocycles. The van der Waals surface area contributed by atoms with E-state index in [1.807, 2.05) is 24.1 Å². The molecule has 3 atom stereocenters. The van der Waals surface area contributed by atoms with Crippen LogP contribution in [0, 0.1) is 18.8 Å². The first-order valence-electron chi connectivity index (χ1n) is 9.39. The Morgan fingerprint density at radius 1 is 1.20 bits per heavy atom. The Balaban J connectivity index is 2.04. The Morgan fingerprint density at radius 2 is 1.96 bits per heavy atom. The van der Waals surface area contributed by atoms with E-state index in [0.717, 1.165) is 36.1 Å². The Bertz CT molecular complexity index is 708. The molecule has 3 rings (SSSR count). The summed E-state index contributed by atoms with van der Waals surface area (Å²) in [5.74, 6) is 1.25. The van der Waals surface area contributed by atoms with Gasteiger partial charge in [0.2, 0.25) is 0 Å². The van der Waals surface area contributed by atoms with E-state index in [1.54, 1.807) is 0 Å². The third-order valence-corrected chi connectivity index (χ3v) is 5.72. The van der Waals surface area contributed by atoms with E-state index in [0.29, 0.717) is 24.0 Å². The van der Waals surface area contributed by atoms with Crippen LogP contribution < -0.4 is 5.01 Å². The van der Waals surface area contributed by atoms with Gasteiger partial charge in [-0.05, 0) is 69.6 Å². The summed E-state index contributed by atoms with van der Waals surface area (Å²) in [4.78, 5) is 0. The van der Waals surface area contributed by atoms with Gasteiger partial charge in [-0.2, -0.15) is 5.10 Å². The van der Waals surface area contributed by atoms with Gasteiger partial charge in [-0.15, -0.1) is 0 Å². The highest BCUT2D eigenvalue weighted by Crippen LogP contribution is 2.38. The zero-order valence-electron chi connectivity index (χ0n) is 15.8. The van der Waals surface area contributed by atoms with Gasteiger partial charge in [0.1, 0.15) is 11.4 Å². The molecule has 0 aromatic heterocycles. The van der Waals surface area contributed by atoms with E-state index in [2.05, 4.69) is 26.8 Å². The number of rotatable bonds is 3. The lowest BCUT2D eigenvalue weighted by Gasteiger charge is -2.28. The van der Waals surface area contributed by atoms with Crippen molar-refractivity contribution in [3.8, 4) is 5.75 Å². The average Bonchev–Trinajstić information content (AvgIpc) is 2.71. The molecule has 0 spiro atoms. The first kappa shape index (κ1) is 18.0. The van der Waals surface area contributed by atoms with Gasteiger partial charge < -0.3 is 10.2 Å². The van der Waals surface area contributed by atoms with Crippen molar-refractivity contribution < 1.29 is 10.2 Å². The number of allylic oxidation sites excluding steroid dienone is 2. The number of benzene rings is 1. The summed E-state index contributed by atoms with van der Waals surface area (Å²) in [6.45, 7) is 8.67. The normalized spacial score (nSPS) is 26.6. The van der Waals surface area contributed by atoms with Gasteiger partial charge >= 0.3 is 0 Å². The Morgan fingerprint density at radius 3 is 2.68 bits per heavy atom. The summed E-state index contributed by atoms with van der Waals surface area (Å²) in [6, 6.07) is 4.16. The number of anilines is 1. The maximum absolute atomic E-state index is 10.7. The predicted molar refractivity (Wildman–Crippen MR) is 103 cm³/mol. The number of hydrogen-bond donors (Lipinski definition) is 2. The monoisotopic (exact) mass is 342 g/mol. The highest BCUT2D eigenvalue weighted by Gasteiger charge is 2.30. The van der Waals surface area contributed by atoms with Crippen LogP contribution in [0.25, 0.3) is 0 Å². The highest BCUT2D eigenvalue weighted by atomic mass is 16.3. The number of hydrogen-bond acceptors (Lipinski definition) is 4. The van der Waals surface area contributed by atoms with Gasteiger partial charge in [0.25, 0.3) is 0 Å². The second-order valence-electron chi connectivity index (χ2n) is 7.74. The number of hydrazone groups is 1. The molecule has 0 fully saturated rings. The van der Waals surface area contributed by atoms with Gasteiger partial charge in [-0.1, -0.05) is 24.6 Å². The van der Waals surface area contributed by atoms with Crippen molar-refractivity contribution in [2.75, 3.05) is 11.6 Å². The predicted octanol–water partition coefficient (Wildman–Crippen LogP) is 4.18.